The van der Waals surface area contributed by atoms with Crippen LogP contribution < -0.4 is 11.1 Å². The van der Waals surface area contributed by atoms with E-state index in [2.05, 4.69) is 5.10 Å². The Balaban J connectivity index is 2.49. The maximum Gasteiger partial charge on any atom is 0.275 e. The summed E-state index contributed by atoms with van der Waals surface area (Å²) in [5, 5.41) is 3.52. The molecule has 0 spiro atoms. The third-order valence-electron chi connectivity index (χ3n) is 3.22. The van der Waals surface area contributed by atoms with E-state index in [1.165, 1.54) is 10.7 Å². The van der Waals surface area contributed by atoms with Crippen molar-refractivity contribution in [1.82, 2.24) is 14.3 Å². The van der Waals surface area contributed by atoms with E-state index in [-0.39, 0.29) is 11.1 Å². The highest BCUT2D eigenvalue weighted by Crippen LogP contribution is 2.35. The summed E-state index contributed by atoms with van der Waals surface area (Å²) in [6.07, 6.45) is 2.08. The quantitative estimate of drug-likeness (QED) is 0.766. The Morgan fingerprint density at radius 2 is 2.06 bits per heavy atom. The fourth-order valence-electron chi connectivity index (χ4n) is 2.29. The van der Waals surface area contributed by atoms with E-state index in [0.29, 0.717) is 16.9 Å². The summed E-state index contributed by atoms with van der Waals surface area (Å²) >= 11 is 0. The molecule has 0 aliphatic heterocycles. The topological polar surface area (TPSA) is 59.8 Å². The van der Waals surface area contributed by atoms with Crippen LogP contribution in [-0.4, -0.2) is 14.3 Å². The number of aryl methyl sites for hydroxylation is 2. The second kappa shape index (κ2) is 2.87. The number of nitrogens with one attached hydrogen (secondary N) is 1. The average molecular weight is 219 g/mol. The number of aromatic nitrogens is 3. The van der Waals surface area contributed by atoms with Crippen LogP contribution in [0.3, 0.4) is 0 Å². The Bertz CT molecular complexity index is 686. The second-order valence-electron chi connectivity index (χ2n) is 4.43. The van der Waals surface area contributed by atoms with Gasteiger partial charge in [-0.25, -0.2) is 0 Å². The maximum atomic E-state index is 11.9. The van der Waals surface area contributed by atoms with Crippen LogP contribution in [0.1, 0.15) is 24.6 Å². The van der Waals surface area contributed by atoms with E-state index in [9.17, 15) is 9.59 Å². The number of pyridine rings is 1. The van der Waals surface area contributed by atoms with E-state index < -0.39 is 0 Å². The Hall–Kier alpha value is -1.78. The highest BCUT2D eigenvalue weighted by atomic mass is 16.1. The summed E-state index contributed by atoms with van der Waals surface area (Å²) < 4.78 is 3.16. The molecule has 0 amide bonds. The zero-order valence-corrected chi connectivity index (χ0v) is 9.28. The first kappa shape index (κ1) is 9.45. The predicted octanol–water partition coefficient (Wildman–Crippen LogP) is 0.672. The number of hydrogen-bond acceptors (Lipinski definition) is 2. The minimum atomic E-state index is -0.0677. The molecule has 2 heterocycles. The molecule has 0 atom stereocenters. The highest BCUT2D eigenvalue weighted by Gasteiger charge is 2.27. The predicted molar refractivity (Wildman–Crippen MR) is 60.8 cm³/mol. The van der Waals surface area contributed by atoms with Crippen LogP contribution in [0.25, 0.3) is 10.9 Å². The number of aromatic amines is 1. The van der Waals surface area contributed by atoms with Crippen LogP contribution in [0.5, 0.6) is 0 Å². The van der Waals surface area contributed by atoms with Crippen molar-refractivity contribution in [3.05, 3.63) is 32.5 Å². The number of H-pyrrole nitrogens is 1. The molecule has 0 aromatic carbocycles. The van der Waals surface area contributed by atoms with Gasteiger partial charge in [0.15, 0.2) is 0 Å². The lowest BCUT2D eigenvalue weighted by Gasteiger charge is -2.07. The molecule has 1 fully saturated rings. The minimum absolute atomic E-state index is 0.0191. The lowest BCUT2D eigenvalue weighted by molar-refractivity contribution is 0.688. The number of hydrogen-bond donors (Lipinski definition) is 1. The van der Waals surface area contributed by atoms with Gasteiger partial charge in [0.05, 0.1) is 10.9 Å². The fraction of sp³-hybridized carbons (Fsp3) is 0.455. The summed E-state index contributed by atoms with van der Waals surface area (Å²) in [4.78, 5) is 23.8. The third kappa shape index (κ3) is 1.11. The Kier molecular flexibility index (Phi) is 1.70. The van der Waals surface area contributed by atoms with Crippen molar-refractivity contribution < 1.29 is 0 Å². The fourth-order valence-corrected chi connectivity index (χ4v) is 2.29. The molecule has 1 N–H and O–H groups in total. The van der Waals surface area contributed by atoms with E-state index in [1.54, 1.807) is 11.6 Å². The molecule has 1 aliphatic rings. The molecule has 5 nitrogen and oxygen atoms in total. The monoisotopic (exact) mass is 219 g/mol. The van der Waals surface area contributed by atoms with Gasteiger partial charge in [0, 0.05) is 24.8 Å². The van der Waals surface area contributed by atoms with Gasteiger partial charge in [-0.15, -0.1) is 0 Å². The van der Waals surface area contributed by atoms with Crippen molar-refractivity contribution in [2.45, 2.75) is 25.8 Å². The highest BCUT2D eigenvalue weighted by molar-refractivity contribution is 5.80. The minimum Gasteiger partial charge on any atom is -0.309 e. The van der Waals surface area contributed by atoms with Crippen molar-refractivity contribution >= 4 is 10.9 Å². The Morgan fingerprint density at radius 3 is 2.69 bits per heavy atom. The van der Waals surface area contributed by atoms with Gasteiger partial charge < -0.3 is 4.57 Å². The molecule has 0 saturated heterocycles. The van der Waals surface area contributed by atoms with Crippen molar-refractivity contribution in [1.29, 1.82) is 0 Å². The second-order valence-corrected chi connectivity index (χ2v) is 4.43. The molecule has 16 heavy (non-hydrogen) atoms. The first-order valence-electron chi connectivity index (χ1n) is 5.40. The summed E-state index contributed by atoms with van der Waals surface area (Å²) in [5.74, 6) is 0. The molecule has 2 aromatic heterocycles. The van der Waals surface area contributed by atoms with Crippen molar-refractivity contribution in [2.75, 3.05) is 0 Å². The van der Waals surface area contributed by atoms with Gasteiger partial charge in [0.25, 0.3) is 11.1 Å². The van der Waals surface area contributed by atoms with Gasteiger partial charge in [0.2, 0.25) is 0 Å². The summed E-state index contributed by atoms with van der Waals surface area (Å²) in [6.45, 7) is 1.84. The number of nitrogens with zero attached hydrogens (tertiary/aromatic N) is 2. The van der Waals surface area contributed by atoms with Crippen LogP contribution in [0.4, 0.5) is 0 Å². The van der Waals surface area contributed by atoms with E-state index in [4.69, 9.17) is 0 Å². The van der Waals surface area contributed by atoms with Gasteiger partial charge in [-0.2, -0.15) is 0 Å². The standard InChI is InChI=1S/C11H13N3O2/c1-6-10-8(12-13(2)11(10)16)5-9(15)14(6)7-3-4-7/h5,7,12H,3-4H2,1-2H3. The summed E-state index contributed by atoms with van der Waals surface area (Å²) in [7, 11) is 1.66. The van der Waals surface area contributed by atoms with Crippen LogP contribution in [0.2, 0.25) is 0 Å². The molecule has 0 unspecified atom stereocenters. The molecule has 1 aliphatic carbocycles. The van der Waals surface area contributed by atoms with Crippen LogP contribution in [-0.2, 0) is 7.05 Å². The van der Waals surface area contributed by atoms with Crippen LogP contribution in [0.15, 0.2) is 15.7 Å². The SMILES string of the molecule is Cc1c2c(=O)n(C)[nH]c2cc(=O)n1C1CC1. The van der Waals surface area contributed by atoms with Gasteiger partial charge >= 0.3 is 0 Å². The molecule has 0 radical (unpaired) electrons. The molecule has 5 heteroatoms. The lowest BCUT2D eigenvalue weighted by Crippen LogP contribution is -2.22. The van der Waals surface area contributed by atoms with E-state index >= 15 is 0 Å². The largest absolute Gasteiger partial charge is 0.309 e. The zero-order valence-electron chi connectivity index (χ0n) is 9.28. The molecular formula is C11H13N3O2. The van der Waals surface area contributed by atoms with Crippen LogP contribution >= 0.6 is 0 Å². The van der Waals surface area contributed by atoms with Gasteiger partial charge in [-0.3, -0.25) is 19.4 Å². The normalized spacial score (nSPS) is 15.9. The molecule has 2 aromatic rings. The average Bonchev–Trinajstić information content (AvgIpc) is 2.96. The van der Waals surface area contributed by atoms with Crippen molar-refractivity contribution in [2.24, 2.45) is 7.05 Å². The zero-order chi connectivity index (χ0) is 11.4. The molecule has 3 rings (SSSR count). The molecule has 0 bridgehead atoms. The smallest absolute Gasteiger partial charge is 0.275 e. The Labute approximate surface area is 91.3 Å². The summed E-state index contributed by atoms with van der Waals surface area (Å²) in [6, 6.07) is 1.82. The van der Waals surface area contributed by atoms with Gasteiger partial charge in [-0.05, 0) is 19.8 Å². The molecule has 84 valence electrons. The van der Waals surface area contributed by atoms with Gasteiger partial charge in [-0.1, -0.05) is 0 Å². The molecule has 1 saturated carbocycles. The van der Waals surface area contributed by atoms with E-state index in [0.717, 1.165) is 18.5 Å². The first-order chi connectivity index (χ1) is 7.59. The number of fused-ring (bicyclic) bond motifs is 1. The Morgan fingerprint density at radius 1 is 1.38 bits per heavy atom. The van der Waals surface area contributed by atoms with E-state index in [1.807, 2.05) is 6.92 Å². The molecular weight excluding hydrogens is 206 g/mol. The summed E-state index contributed by atoms with van der Waals surface area (Å²) in [5.41, 5.74) is 1.33. The van der Waals surface area contributed by atoms with Gasteiger partial charge in [0.1, 0.15) is 0 Å². The van der Waals surface area contributed by atoms with Crippen molar-refractivity contribution in [3.63, 3.8) is 0 Å². The lowest BCUT2D eigenvalue weighted by atomic mass is 10.2. The number of rotatable bonds is 1. The third-order valence-corrected chi connectivity index (χ3v) is 3.22. The maximum absolute atomic E-state index is 11.9. The van der Waals surface area contributed by atoms with Crippen LogP contribution in [0, 0.1) is 6.92 Å². The first-order valence-corrected chi connectivity index (χ1v) is 5.40. The van der Waals surface area contributed by atoms with Crippen molar-refractivity contribution in [3.8, 4) is 0 Å².